The van der Waals surface area contributed by atoms with Crippen LogP contribution in [0.1, 0.15) is 16.7 Å². The lowest BCUT2D eigenvalue weighted by atomic mass is 10.1. The molecule has 0 aliphatic heterocycles. The fourth-order valence-corrected chi connectivity index (χ4v) is 1.90. The summed E-state index contributed by atoms with van der Waals surface area (Å²) in [4.78, 5) is 10.2. The summed E-state index contributed by atoms with van der Waals surface area (Å²) in [5.74, 6) is 1.21. The van der Waals surface area contributed by atoms with Crippen LogP contribution in [0.15, 0.2) is 36.4 Å². The van der Waals surface area contributed by atoms with Crippen LogP contribution in [0, 0.1) is 24.0 Å². The lowest BCUT2D eigenvalue weighted by Crippen LogP contribution is -1.93. The molecule has 5 nitrogen and oxygen atoms in total. The van der Waals surface area contributed by atoms with E-state index in [1.54, 1.807) is 25.1 Å². The highest BCUT2D eigenvalue weighted by Crippen LogP contribution is 2.29. The Bertz CT molecular complexity index is 652. The van der Waals surface area contributed by atoms with Crippen LogP contribution in [0.2, 0.25) is 0 Å². The summed E-state index contributed by atoms with van der Waals surface area (Å²) in [7, 11) is 0. The fraction of sp³-hybridized carbons (Fsp3) is 0.200. The second-order valence-electron chi connectivity index (χ2n) is 4.56. The van der Waals surface area contributed by atoms with Crippen molar-refractivity contribution in [2.24, 2.45) is 0 Å². The molecule has 20 heavy (non-hydrogen) atoms. The van der Waals surface area contributed by atoms with E-state index in [4.69, 9.17) is 9.84 Å². The zero-order valence-corrected chi connectivity index (χ0v) is 11.3. The van der Waals surface area contributed by atoms with Gasteiger partial charge in [-0.05, 0) is 48.7 Å². The maximum absolute atomic E-state index is 10.7. The summed E-state index contributed by atoms with van der Waals surface area (Å²) in [6.45, 7) is 3.64. The van der Waals surface area contributed by atoms with Gasteiger partial charge in [-0.1, -0.05) is 6.07 Å². The number of aliphatic hydroxyl groups is 1. The maximum atomic E-state index is 10.7. The molecule has 104 valence electrons. The highest BCUT2D eigenvalue weighted by atomic mass is 16.6. The molecule has 0 aromatic heterocycles. The number of rotatable bonds is 4. The van der Waals surface area contributed by atoms with E-state index in [9.17, 15) is 10.1 Å². The molecular weight excluding hydrogens is 258 g/mol. The van der Waals surface area contributed by atoms with Crippen molar-refractivity contribution in [3.05, 3.63) is 63.2 Å². The summed E-state index contributed by atoms with van der Waals surface area (Å²) in [6.07, 6.45) is 0. The number of nitro benzene ring substituents is 1. The van der Waals surface area contributed by atoms with Crippen LogP contribution < -0.4 is 4.74 Å². The normalized spacial score (nSPS) is 10.3. The molecule has 0 unspecified atom stereocenters. The third kappa shape index (κ3) is 2.95. The van der Waals surface area contributed by atoms with Gasteiger partial charge in [-0.2, -0.15) is 0 Å². The van der Waals surface area contributed by atoms with Gasteiger partial charge in [0, 0.05) is 12.1 Å². The van der Waals surface area contributed by atoms with Crippen molar-refractivity contribution in [1.82, 2.24) is 0 Å². The summed E-state index contributed by atoms with van der Waals surface area (Å²) in [5, 5.41) is 19.8. The van der Waals surface area contributed by atoms with Gasteiger partial charge in [-0.3, -0.25) is 10.1 Å². The van der Waals surface area contributed by atoms with E-state index in [1.807, 2.05) is 13.0 Å². The SMILES string of the molecule is Cc1cc(Oc2ccc([N+](=O)[O-])cc2C)ccc1CO. The number of hydrogen-bond donors (Lipinski definition) is 1. The molecule has 0 atom stereocenters. The smallest absolute Gasteiger partial charge is 0.269 e. The first-order valence-corrected chi connectivity index (χ1v) is 6.14. The average molecular weight is 273 g/mol. The van der Waals surface area contributed by atoms with Crippen molar-refractivity contribution < 1.29 is 14.8 Å². The quantitative estimate of drug-likeness (QED) is 0.683. The molecule has 0 aliphatic rings. The third-order valence-corrected chi connectivity index (χ3v) is 3.08. The van der Waals surface area contributed by atoms with E-state index >= 15 is 0 Å². The highest BCUT2D eigenvalue weighted by Gasteiger charge is 2.10. The third-order valence-electron chi connectivity index (χ3n) is 3.08. The molecule has 2 aromatic carbocycles. The molecule has 0 saturated heterocycles. The van der Waals surface area contributed by atoms with Crippen LogP contribution in [0.25, 0.3) is 0 Å². The summed E-state index contributed by atoms with van der Waals surface area (Å²) >= 11 is 0. The fourth-order valence-electron chi connectivity index (χ4n) is 1.90. The molecule has 0 spiro atoms. The minimum Gasteiger partial charge on any atom is -0.457 e. The van der Waals surface area contributed by atoms with Gasteiger partial charge in [0.25, 0.3) is 5.69 Å². The number of aryl methyl sites for hydroxylation is 2. The first kappa shape index (κ1) is 14.0. The number of aliphatic hydroxyl groups excluding tert-OH is 1. The van der Waals surface area contributed by atoms with Gasteiger partial charge in [0.15, 0.2) is 0 Å². The number of hydrogen-bond acceptors (Lipinski definition) is 4. The first-order valence-electron chi connectivity index (χ1n) is 6.14. The Balaban J connectivity index is 2.26. The van der Waals surface area contributed by atoms with Crippen molar-refractivity contribution in [2.75, 3.05) is 0 Å². The maximum Gasteiger partial charge on any atom is 0.269 e. The second kappa shape index (κ2) is 5.71. The minimum absolute atomic E-state index is 0.0112. The van der Waals surface area contributed by atoms with Crippen LogP contribution in [-0.4, -0.2) is 10.0 Å². The highest BCUT2D eigenvalue weighted by molar-refractivity contribution is 5.45. The standard InChI is InChI=1S/C15H15NO4/c1-10-8-14(5-3-12(10)9-17)20-15-6-4-13(16(18)19)7-11(15)2/h3-8,17H,9H2,1-2H3. The Kier molecular flexibility index (Phi) is 4.00. The molecule has 0 radical (unpaired) electrons. The predicted molar refractivity (Wildman–Crippen MR) is 75.0 cm³/mol. The largest absolute Gasteiger partial charge is 0.457 e. The zero-order valence-electron chi connectivity index (χ0n) is 11.3. The van der Waals surface area contributed by atoms with Gasteiger partial charge in [-0.25, -0.2) is 0 Å². The van der Waals surface area contributed by atoms with Crippen LogP contribution in [0.3, 0.4) is 0 Å². The van der Waals surface area contributed by atoms with E-state index in [2.05, 4.69) is 0 Å². The topological polar surface area (TPSA) is 72.6 Å². The lowest BCUT2D eigenvalue weighted by Gasteiger charge is -2.10. The lowest BCUT2D eigenvalue weighted by molar-refractivity contribution is -0.384. The van der Waals surface area contributed by atoms with Crippen molar-refractivity contribution in [1.29, 1.82) is 0 Å². The van der Waals surface area contributed by atoms with E-state index in [1.165, 1.54) is 12.1 Å². The average Bonchev–Trinajstić information content (AvgIpc) is 2.41. The molecule has 1 N–H and O–H groups in total. The number of nitro groups is 1. The number of nitrogens with zero attached hydrogens (tertiary/aromatic N) is 1. The van der Waals surface area contributed by atoms with Crippen molar-refractivity contribution in [2.45, 2.75) is 20.5 Å². The molecule has 0 fully saturated rings. The summed E-state index contributed by atoms with van der Waals surface area (Å²) < 4.78 is 5.72. The van der Waals surface area contributed by atoms with Crippen LogP contribution in [0.4, 0.5) is 5.69 Å². The molecular formula is C15H15NO4. The van der Waals surface area contributed by atoms with Gasteiger partial charge < -0.3 is 9.84 Å². The number of non-ortho nitro benzene ring substituents is 1. The Morgan fingerprint density at radius 1 is 1.15 bits per heavy atom. The van der Waals surface area contributed by atoms with Gasteiger partial charge in [0.05, 0.1) is 11.5 Å². The van der Waals surface area contributed by atoms with E-state index in [0.717, 1.165) is 11.1 Å². The Labute approximate surface area is 116 Å². The second-order valence-corrected chi connectivity index (χ2v) is 4.56. The van der Waals surface area contributed by atoms with Gasteiger partial charge in [-0.15, -0.1) is 0 Å². The Morgan fingerprint density at radius 3 is 2.45 bits per heavy atom. The zero-order chi connectivity index (χ0) is 14.7. The van der Waals surface area contributed by atoms with Crippen LogP contribution >= 0.6 is 0 Å². The van der Waals surface area contributed by atoms with Gasteiger partial charge >= 0.3 is 0 Å². The van der Waals surface area contributed by atoms with Crippen molar-refractivity contribution in [3.8, 4) is 11.5 Å². The molecule has 0 bridgehead atoms. The number of ether oxygens (including phenoxy) is 1. The predicted octanol–water partition coefficient (Wildman–Crippen LogP) is 3.50. The minimum atomic E-state index is -0.434. The van der Waals surface area contributed by atoms with E-state index in [-0.39, 0.29) is 12.3 Å². The molecule has 0 aliphatic carbocycles. The molecule has 2 rings (SSSR count). The summed E-state index contributed by atoms with van der Waals surface area (Å²) in [6, 6.07) is 9.86. The number of benzene rings is 2. The Hall–Kier alpha value is -2.40. The van der Waals surface area contributed by atoms with Crippen LogP contribution in [-0.2, 0) is 6.61 Å². The van der Waals surface area contributed by atoms with Crippen molar-refractivity contribution in [3.63, 3.8) is 0 Å². The van der Waals surface area contributed by atoms with E-state index in [0.29, 0.717) is 17.1 Å². The Morgan fingerprint density at radius 2 is 1.90 bits per heavy atom. The van der Waals surface area contributed by atoms with Gasteiger partial charge in [0.1, 0.15) is 11.5 Å². The molecule has 5 heteroatoms. The van der Waals surface area contributed by atoms with Crippen LogP contribution in [0.5, 0.6) is 11.5 Å². The monoisotopic (exact) mass is 273 g/mol. The molecule has 2 aromatic rings. The molecule has 0 amide bonds. The van der Waals surface area contributed by atoms with E-state index < -0.39 is 4.92 Å². The molecule has 0 saturated carbocycles. The summed E-state index contributed by atoms with van der Waals surface area (Å²) in [5.41, 5.74) is 2.52. The first-order chi connectivity index (χ1) is 9.51. The molecule has 0 heterocycles. The van der Waals surface area contributed by atoms with Gasteiger partial charge in [0.2, 0.25) is 0 Å². The van der Waals surface area contributed by atoms with Crippen molar-refractivity contribution >= 4 is 5.69 Å².